The van der Waals surface area contributed by atoms with Gasteiger partial charge in [-0.2, -0.15) is 0 Å². The van der Waals surface area contributed by atoms with Crippen molar-refractivity contribution in [2.45, 2.75) is 24.9 Å². The molecule has 6 nitrogen and oxygen atoms in total. The zero-order chi connectivity index (χ0) is 18.8. The Morgan fingerprint density at radius 3 is 2.28 bits per heavy atom. The number of rotatable bonds is 4. The summed E-state index contributed by atoms with van der Waals surface area (Å²) in [6, 6.07) is 3.92. The molecule has 1 unspecified atom stereocenters. The number of sulfone groups is 1. The first-order chi connectivity index (χ1) is 11.6. The van der Waals surface area contributed by atoms with Crippen molar-refractivity contribution >= 4 is 33.3 Å². The number of piperazine rings is 1. The van der Waals surface area contributed by atoms with E-state index in [0.717, 1.165) is 6.07 Å². The van der Waals surface area contributed by atoms with E-state index in [2.05, 4.69) is 0 Å². The van der Waals surface area contributed by atoms with Gasteiger partial charge in [0.1, 0.15) is 11.1 Å². The molecule has 0 aromatic heterocycles. The summed E-state index contributed by atoms with van der Waals surface area (Å²) in [5, 5.41) is -1.30. The molecule has 1 aromatic rings. The Hall–Kier alpha value is -1.67. The molecule has 0 saturated carbocycles. The van der Waals surface area contributed by atoms with Crippen LogP contribution in [0.15, 0.2) is 18.2 Å². The molecule has 0 radical (unpaired) electrons. The standard InChI is InChI=1S/C16H20ClFN2O4S/c1-11(16(22)20-8-6-19(7-9-20)12(2)21)25(23,24)10-13-14(17)4-3-5-15(13)18/h3-5,11H,6-10H2,1-2H3. The van der Waals surface area contributed by atoms with Crippen LogP contribution in [0, 0.1) is 5.82 Å². The van der Waals surface area contributed by atoms with Crippen LogP contribution in [0.5, 0.6) is 0 Å². The van der Waals surface area contributed by atoms with Crippen LogP contribution >= 0.6 is 11.6 Å². The highest BCUT2D eigenvalue weighted by Crippen LogP contribution is 2.23. The molecule has 1 aliphatic heterocycles. The van der Waals surface area contributed by atoms with Crippen LogP contribution in [-0.2, 0) is 25.2 Å². The summed E-state index contributed by atoms with van der Waals surface area (Å²) < 4.78 is 38.9. The van der Waals surface area contributed by atoms with Crippen molar-refractivity contribution in [1.82, 2.24) is 9.80 Å². The molecule has 1 fully saturated rings. The fraction of sp³-hybridized carbons (Fsp3) is 0.500. The number of carbonyl (C=O) groups excluding carboxylic acids is 2. The van der Waals surface area contributed by atoms with Crippen molar-refractivity contribution in [2.75, 3.05) is 26.2 Å². The molecule has 0 spiro atoms. The Morgan fingerprint density at radius 1 is 1.20 bits per heavy atom. The highest BCUT2D eigenvalue weighted by molar-refractivity contribution is 7.92. The van der Waals surface area contributed by atoms with Crippen LogP contribution in [-0.4, -0.2) is 61.5 Å². The summed E-state index contributed by atoms with van der Waals surface area (Å²) in [4.78, 5) is 26.8. The van der Waals surface area contributed by atoms with Crippen molar-refractivity contribution in [3.63, 3.8) is 0 Å². The van der Waals surface area contributed by atoms with Crippen molar-refractivity contribution in [2.24, 2.45) is 0 Å². The van der Waals surface area contributed by atoms with Crippen LogP contribution in [0.3, 0.4) is 0 Å². The topological polar surface area (TPSA) is 74.8 Å². The summed E-state index contributed by atoms with van der Waals surface area (Å²) >= 11 is 5.88. The zero-order valence-corrected chi connectivity index (χ0v) is 15.6. The first-order valence-corrected chi connectivity index (χ1v) is 9.91. The van der Waals surface area contributed by atoms with Gasteiger partial charge in [0, 0.05) is 43.7 Å². The van der Waals surface area contributed by atoms with Crippen molar-refractivity contribution in [1.29, 1.82) is 0 Å². The third kappa shape index (κ3) is 4.49. The molecule has 9 heteroatoms. The monoisotopic (exact) mass is 390 g/mol. The fourth-order valence-corrected chi connectivity index (χ4v) is 4.36. The SMILES string of the molecule is CC(=O)N1CCN(C(=O)C(C)S(=O)(=O)Cc2c(F)cccc2Cl)CC1. The quantitative estimate of drug-likeness (QED) is 0.780. The van der Waals surface area contributed by atoms with Crippen LogP contribution in [0.25, 0.3) is 0 Å². The second-order valence-electron chi connectivity index (χ2n) is 5.98. The van der Waals surface area contributed by atoms with Gasteiger partial charge in [0.25, 0.3) is 0 Å². The van der Waals surface area contributed by atoms with E-state index in [1.54, 1.807) is 4.90 Å². The molecule has 1 aliphatic rings. The van der Waals surface area contributed by atoms with Gasteiger partial charge in [0.05, 0.1) is 5.75 Å². The van der Waals surface area contributed by atoms with Crippen LogP contribution in [0.4, 0.5) is 4.39 Å². The number of hydrogen-bond donors (Lipinski definition) is 0. The lowest BCUT2D eigenvalue weighted by atomic mass is 10.2. The molecule has 1 saturated heterocycles. The number of carbonyl (C=O) groups is 2. The minimum absolute atomic E-state index is 0.0123. The predicted molar refractivity (Wildman–Crippen MR) is 92.3 cm³/mol. The zero-order valence-electron chi connectivity index (χ0n) is 14.0. The number of nitrogens with zero attached hydrogens (tertiary/aromatic N) is 2. The maximum Gasteiger partial charge on any atom is 0.240 e. The Morgan fingerprint density at radius 2 is 1.76 bits per heavy atom. The smallest absolute Gasteiger partial charge is 0.240 e. The van der Waals surface area contributed by atoms with Crippen LogP contribution < -0.4 is 0 Å². The summed E-state index contributed by atoms with van der Waals surface area (Å²) in [5.41, 5.74) is -0.134. The van der Waals surface area contributed by atoms with Gasteiger partial charge in [-0.1, -0.05) is 17.7 Å². The fourth-order valence-electron chi connectivity index (χ4n) is 2.65. The lowest BCUT2D eigenvalue weighted by Crippen LogP contribution is -2.53. The van der Waals surface area contributed by atoms with Crippen LogP contribution in [0.2, 0.25) is 5.02 Å². The van der Waals surface area contributed by atoms with E-state index in [0.29, 0.717) is 13.1 Å². The van der Waals surface area contributed by atoms with Crippen molar-refractivity contribution in [3.05, 3.63) is 34.6 Å². The molecule has 1 atom stereocenters. The maximum atomic E-state index is 13.8. The Labute approximate surface area is 151 Å². The number of benzene rings is 1. The van der Waals surface area contributed by atoms with E-state index in [-0.39, 0.29) is 29.6 Å². The maximum absolute atomic E-state index is 13.8. The first kappa shape index (κ1) is 19.7. The molecular weight excluding hydrogens is 371 g/mol. The van der Waals surface area contributed by atoms with Gasteiger partial charge in [0.15, 0.2) is 9.84 Å². The van der Waals surface area contributed by atoms with Gasteiger partial charge in [0.2, 0.25) is 11.8 Å². The lowest BCUT2D eigenvalue weighted by Gasteiger charge is -2.35. The third-order valence-corrected chi connectivity index (χ3v) is 6.65. The largest absolute Gasteiger partial charge is 0.339 e. The van der Waals surface area contributed by atoms with Gasteiger partial charge >= 0.3 is 0 Å². The minimum Gasteiger partial charge on any atom is -0.339 e. The van der Waals surface area contributed by atoms with E-state index in [4.69, 9.17) is 11.6 Å². The molecule has 1 heterocycles. The van der Waals surface area contributed by atoms with E-state index < -0.39 is 32.6 Å². The van der Waals surface area contributed by atoms with E-state index in [9.17, 15) is 22.4 Å². The minimum atomic E-state index is -3.93. The Bertz CT molecular complexity index is 756. The number of hydrogen-bond acceptors (Lipinski definition) is 4. The summed E-state index contributed by atoms with van der Waals surface area (Å²) in [6.45, 7) is 4.03. The van der Waals surface area contributed by atoms with Gasteiger partial charge in [-0.05, 0) is 19.1 Å². The average Bonchev–Trinajstić information content (AvgIpc) is 2.57. The second-order valence-corrected chi connectivity index (χ2v) is 8.71. The third-order valence-electron chi connectivity index (χ3n) is 4.33. The van der Waals surface area contributed by atoms with E-state index in [1.165, 1.54) is 30.9 Å². The average molecular weight is 391 g/mol. The Kier molecular flexibility index (Phi) is 6.05. The van der Waals surface area contributed by atoms with Crippen molar-refractivity contribution in [3.8, 4) is 0 Å². The van der Waals surface area contributed by atoms with Crippen LogP contribution in [0.1, 0.15) is 19.4 Å². The van der Waals surface area contributed by atoms with E-state index >= 15 is 0 Å². The Balaban J connectivity index is 2.09. The van der Waals surface area contributed by atoms with Gasteiger partial charge in [-0.15, -0.1) is 0 Å². The molecule has 138 valence electrons. The van der Waals surface area contributed by atoms with Gasteiger partial charge in [-0.25, -0.2) is 12.8 Å². The summed E-state index contributed by atoms with van der Waals surface area (Å²) in [7, 11) is -3.93. The molecule has 0 aliphatic carbocycles. The lowest BCUT2D eigenvalue weighted by molar-refractivity contribution is -0.137. The predicted octanol–water partition coefficient (Wildman–Crippen LogP) is 1.47. The van der Waals surface area contributed by atoms with E-state index in [1.807, 2.05) is 0 Å². The highest BCUT2D eigenvalue weighted by atomic mass is 35.5. The molecule has 0 bridgehead atoms. The van der Waals surface area contributed by atoms with Crippen molar-refractivity contribution < 1.29 is 22.4 Å². The summed E-state index contributed by atoms with van der Waals surface area (Å²) in [6.07, 6.45) is 0. The number of amides is 2. The molecule has 25 heavy (non-hydrogen) atoms. The van der Waals surface area contributed by atoms with Gasteiger partial charge in [-0.3, -0.25) is 9.59 Å². The second kappa shape index (κ2) is 7.70. The molecular formula is C16H20ClFN2O4S. The molecule has 2 rings (SSSR count). The first-order valence-electron chi connectivity index (χ1n) is 7.82. The number of halogens is 2. The molecule has 1 aromatic carbocycles. The highest BCUT2D eigenvalue weighted by Gasteiger charge is 2.34. The molecule has 0 N–H and O–H groups in total. The summed E-state index contributed by atoms with van der Waals surface area (Å²) in [5.74, 6) is -1.98. The normalized spacial score (nSPS) is 16.6. The molecule has 2 amide bonds. The van der Waals surface area contributed by atoms with Gasteiger partial charge < -0.3 is 9.80 Å².